The molecule has 0 atom stereocenters. The quantitative estimate of drug-likeness (QED) is 0.563. The minimum Gasteiger partial charge on any atom is -0.389 e. The lowest BCUT2D eigenvalue weighted by Gasteiger charge is -2.19. The summed E-state index contributed by atoms with van der Waals surface area (Å²) in [6, 6.07) is 12.4. The highest BCUT2D eigenvalue weighted by Gasteiger charge is 2.30. The molecule has 2 aromatic rings. The summed E-state index contributed by atoms with van der Waals surface area (Å²) in [5, 5.41) is 0. The number of nitrogens with zero attached hydrogens (tertiary/aromatic N) is 1. The second-order valence-electron chi connectivity index (χ2n) is 5.22. The first-order valence-corrected chi connectivity index (χ1v) is 11.3. The average Bonchev–Trinajstić information content (AvgIpc) is 2.97. The summed E-state index contributed by atoms with van der Waals surface area (Å²) >= 11 is 3.38. The highest BCUT2D eigenvalue weighted by molar-refractivity contribution is 8.02. The summed E-state index contributed by atoms with van der Waals surface area (Å²) in [5.74, 6) is 0.898. The number of thioether (sulfide) groups is 1. The van der Waals surface area contributed by atoms with Gasteiger partial charge in [-0.2, -0.15) is 0 Å². The van der Waals surface area contributed by atoms with Gasteiger partial charge in [-0.3, -0.25) is 9.05 Å². The van der Waals surface area contributed by atoms with Crippen LogP contribution in [0.4, 0.5) is 5.69 Å². The van der Waals surface area contributed by atoms with Crippen LogP contribution in [0.25, 0.3) is 0 Å². The Morgan fingerprint density at radius 1 is 1.16 bits per heavy atom. The van der Waals surface area contributed by atoms with Crippen molar-refractivity contribution in [2.45, 2.75) is 24.5 Å². The molecule has 1 aliphatic heterocycles. The van der Waals surface area contributed by atoms with Gasteiger partial charge in [-0.25, -0.2) is 9.56 Å². The lowest BCUT2D eigenvalue weighted by Crippen LogP contribution is -2.11. The van der Waals surface area contributed by atoms with Crippen LogP contribution in [-0.4, -0.2) is 24.9 Å². The second-order valence-corrected chi connectivity index (χ2v) is 9.19. The minimum absolute atomic E-state index is 0.253. The molecule has 5 nitrogen and oxygen atoms in total. The molecule has 0 aliphatic carbocycles. The van der Waals surface area contributed by atoms with E-state index in [1.54, 1.807) is 36.9 Å². The summed E-state index contributed by atoms with van der Waals surface area (Å²) in [5.41, 5.74) is 2.13. The number of phosphoric acid groups is 1. The summed E-state index contributed by atoms with van der Waals surface area (Å²) < 4.78 is 29.5. The van der Waals surface area contributed by atoms with Gasteiger partial charge in [-0.15, -0.1) is 23.1 Å². The maximum Gasteiger partial charge on any atom is 0.531 e. The Kier molecular flexibility index (Phi) is 6.36. The molecule has 3 rings (SSSR count). The first-order chi connectivity index (χ1) is 12.1. The molecule has 2 heterocycles. The lowest BCUT2D eigenvalue weighted by molar-refractivity contribution is 0.164. The number of fused-ring (bicyclic) bond motifs is 1. The van der Waals surface area contributed by atoms with E-state index in [2.05, 4.69) is 23.2 Å². The summed E-state index contributed by atoms with van der Waals surface area (Å²) in [6.45, 7) is 4.00. The van der Waals surface area contributed by atoms with E-state index in [0.29, 0.717) is 11.7 Å². The molecule has 0 spiro atoms. The highest BCUT2D eigenvalue weighted by atomic mass is 32.2. The summed E-state index contributed by atoms with van der Waals surface area (Å²) in [6.07, 6.45) is 0.876. The largest absolute Gasteiger partial charge is 0.531 e. The van der Waals surface area contributed by atoms with Gasteiger partial charge < -0.3 is 4.52 Å². The van der Waals surface area contributed by atoms with E-state index in [-0.39, 0.29) is 13.2 Å². The standard InChI is InChI=1S/C17H20NO4PS2/c1-3-20-23(19,21-4-2)22-16-12-24-17-15(18-16)11-14(25-17)10-13-8-6-5-7-9-13/h5-9,11H,3-4,10,12H2,1-2H3. The maximum absolute atomic E-state index is 12.5. The third-order valence-corrected chi connectivity index (χ3v) is 7.28. The van der Waals surface area contributed by atoms with Crippen LogP contribution in [0.15, 0.2) is 45.6 Å². The third kappa shape index (κ3) is 4.96. The van der Waals surface area contributed by atoms with Crippen molar-refractivity contribution in [1.82, 2.24) is 0 Å². The fourth-order valence-corrected chi connectivity index (χ4v) is 5.84. The Labute approximate surface area is 156 Å². The van der Waals surface area contributed by atoms with Crippen LogP contribution in [-0.2, 0) is 24.6 Å². The average molecular weight is 397 g/mol. The van der Waals surface area contributed by atoms with Crippen LogP contribution in [0.5, 0.6) is 0 Å². The molecular formula is C17H20NO4PS2. The van der Waals surface area contributed by atoms with Gasteiger partial charge in [0.1, 0.15) is 0 Å². The zero-order valence-electron chi connectivity index (χ0n) is 14.1. The van der Waals surface area contributed by atoms with Gasteiger partial charge in [0.2, 0.25) is 5.90 Å². The van der Waals surface area contributed by atoms with E-state index >= 15 is 0 Å². The highest BCUT2D eigenvalue weighted by Crippen LogP contribution is 2.51. The zero-order valence-corrected chi connectivity index (χ0v) is 16.7. The molecule has 25 heavy (non-hydrogen) atoms. The van der Waals surface area contributed by atoms with Gasteiger partial charge >= 0.3 is 7.82 Å². The molecule has 0 radical (unpaired) electrons. The molecule has 0 saturated heterocycles. The minimum atomic E-state index is -3.59. The summed E-state index contributed by atoms with van der Waals surface area (Å²) in [4.78, 5) is 5.75. The van der Waals surface area contributed by atoms with Gasteiger partial charge in [0.25, 0.3) is 0 Å². The van der Waals surface area contributed by atoms with Crippen LogP contribution in [0.3, 0.4) is 0 Å². The molecular weight excluding hydrogens is 377 g/mol. The molecule has 0 bridgehead atoms. The maximum atomic E-state index is 12.5. The van der Waals surface area contributed by atoms with E-state index in [4.69, 9.17) is 13.6 Å². The predicted octanol–water partition coefficient (Wildman–Crippen LogP) is 5.67. The van der Waals surface area contributed by atoms with Crippen LogP contribution in [0.2, 0.25) is 0 Å². The second kappa shape index (κ2) is 8.52. The number of phosphoric ester groups is 1. The third-order valence-electron chi connectivity index (χ3n) is 3.32. The normalized spacial score (nSPS) is 14.1. The summed E-state index contributed by atoms with van der Waals surface area (Å²) in [7, 11) is -3.59. The van der Waals surface area contributed by atoms with Crippen molar-refractivity contribution >= 4 is 42.5 Å². The van der Waals surface area contributed by atoms with Crippen molar-refractivity contribution in [2.24, 2.45) is 4.99 Å². The molecule has 1 aromatic carbocycles. The zero-order chi connectivity index (χ0) is 17.7. The molecule has 1 aliphatic rings. The first kappa shape index (κ1) is 18.7. The Morgan fingerprint density at radius 2 is 1.88 bits per heavy atom. The molecule has 134 valence electrons. The van der Waals surface area contributed by atoms with Crippen molar-refractivity contribution < 1.29 is 18.1 Å². The predicted molar refractivity (Wildman–Crippen MR) is 103 cm³/mol. The molecule has 0 saturated carbocycles. The molecule has 0 unspecified atom stereocenters. The Hall–Kier alpha value is -1.11. The van der Waals surface area contributed by atoms with Crippen molar-refractivity contribution in [3.63, 3.8) is 0 Å². The number of hydrogen-bond acceptors (Lipinski definition) is 7. The van der Waals surface area contributed by atoms with Crippen molar-refractivity contribution in [3.05, 3.63) is 46.8 Å². The number of rotatable bonds is 7. The smallest absolute Gasteiger partial charge is 0.389 e. The SMILES string of the molecule is CCOP(=O)(OCC)OC1=Nc2cc(Cc3ccccc3)sc2SC1. The van der Waals surface area contributed by atoms with Gasteiger partial charge in [0, 0.05) is 11.3 Å². The molecule has 0 N–H and O–H groups in total. The van der Waals surface area contributed by atoms with E-state index < -0.39 is 7.82 Å². The lowest BCUT2D eigenvalue weighted by atomic mass is 10.1. The Balaban J connectivity index is 1.74. The van der Waals surface area contributed by atoms with Gasteiger partial charge in [-0.05, 0) is 25.5 Å². The number of aliphatic imine (C=N–C) groups is 1. The monoisotopic (exact) mass is 397 g/mol. The molecule has 1 aromatic heterocycles. The molecule has 0 fully saturated rings. The van der Waals surface area contributed by atoms with Gasteiger partial charge in [0.15, 0.2) is 0 Å². The van der Waals surface area contributed by atoms with Crippen LogP contribution < -0.4 is 0 Å². The van der Waals surface area contributed by atoms with Gasteiger partial charge in [-0.1, -0.05) is 30.3 Å². The van der Waals surface area contributed by atoms with Crippen LogP contribution in [0.1, 0.15) is 24.3 Å². The van der Waals surface area contributed by atoms with Crippen molar-refractivity contribution in [2.75, 3.05) is 19.0 Å². The Morgan fingerprint density at radius 3 is 2.56 bits per heavy atom. The van der Waals surface area contributed by atoms with E-state index in [0.717, 1.165) is 16.3 Å². The first-order valence-electron chi connectivity index (χ1n) is 8.07. The van der Waals surface area contributed by atoms with E-state index in [1.165, 1.54) is 10.4 Å². The molecule has 8 heteroatoms. The Bertz CT molecular complexity index is 781. The fourth-order valence-electron chi connectivity index (χ4n) is 2.35. The van der Waals surface area contributed by atoms with Crippen LogP contribution in [0, 0.1) is 0 Å². The van der Waals surface area contributed by atoms with Crippen molar-refractivity contribution in [1.29, 1.82) is 0 Å². The molecule has 0 amide bonds. The number of hydrogen-bond donors (Lipinski definition) is 0. The van der Waals surface area contributed by atoms with Crippen LogP contribution >= 0.6 is 30.9 Å². The number of thiophene rings is 1. The van der Waals surface area contributed by atoms with Gasteiger partial charge in [0.05, 0.1) is 28.9 Å². The fraction of sp³-hybridized carbons (Fsp3) is 0.353. The van der Waals surface area contributed by atoms with Crippen molar-refractivity contribution in [3.8, 4) is 0 Å². The topological polar surface area (TPSA) is 57.1 Å². The van der Waals surface area contributed by atoms with E-state index in [9.17, 15) is 4.57 Å². The number of benzene rings is 1. The van der Waals surface area contributed by atoms with E-state index in [1.807, 2.05) is 18.2 Å².